The summed E-state index contributed by atoms with van der Waals surface area (Å²) in [6, 6.07) is 6.29. The van der Waals surface area contributed by atoms with E-state index in [0.29, 0.717) is 5.69 Å². The zero-order valence-electron chi connectivity index (χ0n) is 12.2. The first-order chi connectivity index (χ1) is 11.5. The minimum absolute atomic E-state index is 0.0240. The molecular formula is C15H11F2N5O2. The monoisotopic (exact) mass is 331 g/mol. The van der Waals surface area contributed by atoms with Crippen LogP contribution in [-0.4, -0.2) is 25.9 Å². The average Bonchev–Trinajstić information content (AvgIpc) is 3.05. The van der Waals surface area contributed by atoms with Gasteiger partial charge in [-0.05, 0) is 24.3 Å². The molecular weight excluding hydrogens is 320 g/mol. The number of hydrogen-bond acceptors (Lipinski definition) is 5. The van der Waals surface area contributed by atoms with E-state index in [4.69, 9.17) is 10.5 Å². The van der Waals surface area contributed by atoms with E-state index >= 15 is 0 Å². The largest absolute Gasteiger partial charge is 0.487 e. The van der Waals surface area contributed by atoms with Gasteiger partial charge in [-0.25, -0.2) is 18.4 Å². The highest BCUT2D eigenvalue weighted by Crippen LogP contribution is 2.17. The van der Waals surface area contributed by atoms with Crippen molar-refractivity contribution in [2.75, 3.05) is 0 Å². The number of nitrogens with two attached hydrogens (primary N) is 1. The Hall–Kier alpha value is -3.36. The van der Waals surface area contributed by atoms with E-state index in [1.165, 1.54) is 29.2 Å². The number of pyridine rings is 1. The van der Waals surface area contributed by atoms with Crippen LogP contribution in [0.5, 0.6) is 5.75 Å². The quantitative estimate of drug-likeness (QED) is 0.766. The number of ether oxygens (including phenoxy) is 1. The zero-order valence-corrected chi connectivity index (χ0v) is 12.2. The molecule has 1 amide bonds. The van der Waals surface area contributed by atoms with Crippen LogP contribution >= 0.6 is 0 Å². The van der Waals surface area contributed by atoms with Gasteiger partial charge in [0.05, 0.1) is 11.8 Å². The van der Waals surface area contributed by atoms with E-state index < -0.39 is 17.5 Å². The smallest absolute Gasteiger partial charge is 0.252 e. The molecule has 0 fully saturated rings. The van der Waals surface area contributed by atoms with Crippen molar-refractivity contribution in [3.63, 3.8) is 0 Å². The summed E-state index contributed by atoms with van der Waals surface area (Å²) in [7, 11) is 0. The van der Waals surface area contributed by atoms with E-state index in [2.05, 4.69) is 15.3 Å². The van der Waals surface area contributed by atoms with Gasteiger partial charge in [0.15, 0.2) is 17.5 Å². The molecule has 0 bridgehead atoms. The molecule has 9 heteroatoms. The average molecular weight is 331 g/mol. The Labute approximate surface area is 134 Å². The Bertz CT molecular complexity index is 897. The highest BCUT2D eigenvalue weighted by molar-refractivity contribution is 5.95. The van der Waals surface area contributed by atoms with Gasteiger partial charge >= 0.3 is 0 Å². The molecule has 2 N–H and O–H groups in total. The molecule has 0 aliphatic carbocycles. The molecule has 0 aliphatic rings. The molecule has 0 saturated carbocycles. The lowest BCUT2D eigenvalue weighted by Gasteiger charge is -2.04. The SMILES string of the molecule is NC(=O)c1cccnc1-n1cc(COc2ccc(F)c(F)c2)nn1. The number of rotatable bonds is 5. The number of carbonyl (C=O) groups excluding carboxylic acids is 1. The lowest BCUT2D eigenvalue weighted by Crippen LogP contribution is -2.16. The number of hydrogen-bond donors (Lipinski definition) is 1. The van der Waals surface area contributed by atoms with Crippen molar-refractivity contribution >= 4 is 5.91 Å². The summed E-state index contributed by atoms with van der Waals surface area (Å²) in [6.45, 7) is -0.0240. The number of amides is 1. The van der Waals surface area contributed by atoms with Crippen molar-refractivity contribution in [2.45, 2.75) is 6.61 Å². The summed E-state index contributed by atoms with van der Waals surface area (Å²) in [6.07, 6.45) is 2.98. The molecule has 0 atom stereocenters. The molecule has 0 unspecified atom stereocenters. The molecule has 24 heavy (non-hydrogen) atoms. The fourth-order valence-electron chi connectivity index (χ4n) is 1.96. The number of benzene rings is 1. The maximum atomic E-state index is 13.1. The Morgan fingerprint density at radius 2 is 2.08 bits per heavy atom. The van der Waals surface area contributed by atoms with Crippen molar-refractivity contribution < 1.29 is 18.3 Å². The van der Waals surface area contributed by atoms with Crippen LogP contribution in [0.4, 0.5) is 8.78 Å². The maximum Gasteiger partial charge on any atom is 0.252 e. The van der Waals surface area contributed by atoms with Gasteiger partial charge in [-0.2, -0.15) is 0 Å². The minimum atomic E-state index is -1.00. The maximum absolute atomic E-state index is 13.1. The molecule has 3 aromatic rings. The molecule has 2 aromatic heterocycles. The molecule has 0 radical (unpaired) electrons. The first-order valence-electron chi connectivity index (χ1n) is 6.79. The molecule has 1 aromatic carbocycles. The van der Waals surface area contributed by atoms with E-state index in [9.17, 15) is 13.6 Å². The third kappa shape index (κ3) is 3.19. The second kappa shape index (κ2) is 6.41. The van der Waals surface area contributed by atoms with Crippen LogP contribution in [0, 0.1) is 11.6 Å². The van der Waals surface area contributed by atoms with Crippen LogP contribution in [-0.2, 0) is 6.61 Å². The van der Waals surface area contributed by atoms with Gasteiger partial charge in [-0.1, -0.05) is 5.21 Å². The molecule has 7 nitrogen and oxygen atoms in total. The molecule has 2 heterocycles. The number of aromatic nitrogens is 4. The first-order valence-corrected chi connectivity index (χ1v) is 6.79. The van der Waals surface area contributed by atoms with Crippen molar-refractivity contribution in [2.24, 2.45) is 5.73 Å². The summed E-state index contributed by atoms with van der Waals surface area (Å²) in [5, 5.41) is 7.73. The topological polar surface area (TPSA) is 95.9 Å². The summed E-state index contributed by atoms with van der Waals surface area (Å²) in [5.74, 6) is -2.22. The lowest BCUT2D eigenvalue weighted by molar-refractivity contribution is 0.1000. The number of nitrogens with zero attached hydrogens (tertiary/aromatic N) is 4. The van der Waals surface area contributed by atoms with Gasteiger partial charge in [0.1, 0.15) is 18.1 Å². The van der Waals surface area contributed by atoms with E-state index in [0.717, 1.165) is 12.1 Å². The number of primary amides is 1. The van der Waals surface area contributed by atoms with Crippen LogP contribution in [0.15, 0.2) is 42.7 Å². The van der Waals surface area contributed by atoms with Crippen LogP contribution < -0.4 is 10.5 Å². The Kier molecular flexibility index (Phi) is 4.15. The van der Waals surface area contributed by atoms with Crippen LogP contribution in [0.25, 0.3) is 5.82 Å². The van der Waals surface area contributed by atoms with Crippen molar-refractivity contribution in [1.29, 1.82) is 0 Å². The van der Waals surface area contributed by atoms with E-state index in [-0.39, 0.29) is 23.7 Å². The van der Waals surface area contributed by atoms with Crippen LogP contribution in [0.2, 0.25) is 0 Å². The van der Waals surface area contributed by atoms with E-state index in [1.807, 2.05) is 0 Å². The molecule has 122 valence electrons. The fraction of sp³-hybridized carbons (Fsp3) is 0.0667. The summed E-state index contributed by atoms with van der Waals surface area (Å²) >= 11 is 0. The fourth-order valence-corrected chi connectivity index (χ4v) is 1.96. The van der Waals surface area contributed by atoms with Gasteiger partial charge in [0.2, 0.25) is 0 Å². The molecule has 0 aliphatic heterocycles. The predicted molar refractivity (Wildman–Crippen MR) is 78.4 cm³/mol. The lowest BCUT2D eigenvalue weighted by atomic mass is 10.2. The number of halogens is 2. The Morgan fingerprint density at radius 1 is 1.25 bits per heavy atom. The molecule has 0 saturated heterocycles. The molecule has 0 spiro atoms. The Morgan fingerprint density at radius 3 is 2.83 bits per heavy atom. The van der Waals surface area contributed by atoms with Gasteiger partial charge in [0.25, 0.3) is 5.91 Å². The van der Waals surface area contributed by atoms with Crippen LogP contribution in [0.1, 0.15) is 16.1 Å². The minimum Gasteiger partial charge on any atom is -0.487 e. The third-order valence-electron chi connectivity index (χ3n) is 3.09. The summed E-state index contributed by atoms with van der Waals surface area (Å²) < 4.78 is 32.6. The molecule has 3 rings (SSSR count). The van der Waals surface area contributed by atoms with E-state index in [1.54, 1.807) is 6.07 Å². The standard InChI is InChI=1S/C15H11F2N5O2/c16-12-4-3-10(6-13(12)17)24-8-9-7-22(21-20-9)15-11(14(18)23)2-1-5-19-15/h1-7H,8H2,(H2,18,23). The summed E-state index contributed by atoms with van der Waals surface area (Å²) in [4.78, 5) is 15.5. The number of carbonyl (C=O) groups is 1. The second-order valence-electron chi connectivity index (χ2n) is 4.76. The normalized spacial score (nSPS) is 10.6. The van der Waals surface area contributed by atoms with Crippen molar-refractivity contribution in [3.8, 4) is 11.6 Å². The third-order valence-corrected chi connectivity index (χ3v) is 3.09. The highest BCUT2D eigenvalue weighted by atomic mass is 19.2. The zero-order chi connectivity index (χ0) is 17.1. The predicted octanol–water partition coefficient (Wildman–Crippen LogP) is 1.62. The highest BCUT2D eigenvalue weighted by Gasteiger charge is 2.13. The Balaban J connectivity index is 1.76. The van der Waals surface area contributed by atoms with Gasteiger partial charge < -0.3 is 10.5 Å². The van der Waals surface area contributed by atoms with Gasteiger partial charge in [-0.3, -0.25) is 4.79 Å². The van der Waals surface area contributed by atoms with Crippen LogP contribution in [0.3, 0.4) is 0 Å². The second-order valence-corrected chi connectivity index (χ2v) is 4.76. The summed E-state index contributed by atoms with van der Waals surface area (Å²) in [5.41, 5.74) is 5.88. The van der Waals surface area contributed by atoms with Crippen molar-refractivity contribution in [1.82, 2.24) is 20.0 Å². The first kappa shape index (κ1) is 15.5. The van der Waals surface area contributed by atoms with Crippen molar-refractivity contribution in [3.05, 3.63) is 65.6 Å². The van der Waals surface area contributed by atoms with Gasteiger partial charge in [0, 0.05) is 12.3 Å². The van der Waals surface area contributed by atoms with Gasteiger partial charge in [-0.15, -0.1) is 5.10 Å².